The molecule has 0 bridgehead atoms. The largest absolute Gasteiger partial charge is 0.494 e. The predicted molar refractivity (Wildman–Crippen MR) is 107 cm³/mol. The molecule has 0 fully saturated rings. The molecule has 0 aliphatic heterocycles. The van der Waals surface area contributed by atoms with Gasteiger partial charge >= 0.3 is 12.0 Å². The zero-order valence-electron chi connectivity index (χ0n) is 17.2. The number of unbranched alkanes of at least 4 members (excludes halogenated alkanes) is 1. The number of hydrogen-bond acceptors (Lipinski definition) is 6. The van der Waals surface area contributed by atoms with Crippen LogP contribution in [0.1, 0.15) is 50.9 Å². The number of carbonyl (C=O) groups is 4. The van der Waals surface area contributed by atoms with E-state index in [0.717, 1.165) is 12.8 Å². The second-order valence-electron chi connectivity index (χ2n) is 6.66. The Morgan fingerprint density at radius 3 is 2.28 bits per heavy atom. The lowest BCUT2D eigenvalue weighted by molar-refractivity contribution is -0.153. The van der Waals surface area contributed by atoms with Gasteiger partial charge < -0.3 is 20.1 Å². The minimum atomic E-state index is -1.18. The zero-order chi connectivity index (χ0) is 21.8. The van der Waals surface area contributed by atoms with Crippen LogP contribution in [0.25, 0.3) is 0 Å². The van der Waals surface area contributed by atoms with Crippen LogP contribution in [0.3, 0.4) is 0 Å². The number of rotatable bonds is 10. The van der Waals surface area contributed by atoms with Crippen molar-refractivity contribution in [3.05, 3.63) is 29.8 Å². The molecule has 1 aromatic rings. The molecule has 0 spiro atoms. The molecule has 0 aromatic heterocycles. The van der Waals surface area contributed by atoms with Crippen LogP contribution in [0.2, 0.25) is 0 Å². The zero-order valence-corrected chi connectivity index (χ0v) is 17.2. The summed E-state index contributed by atoms with van der Waals surface area (Å²) in [4.78, 5) is 47.2. The fraction of sp³-hybridized carbons (Fsp3) is 0.500. The average molecular weight is 407 g/mol. The molecule has 0 aliphatic rings. The van der Waals surface area contributed by atoms with E-state index in [1.165, 1.54) is 6.92 Å². The first-order valence-electron chi connectivity index (χ1n) is 9.54. The third kappa shape index (κ3) is 9.59. The van der Waals surface area contributed by atoms with Crippen LogP contribution in [-0.4, -0.2) is 49.1 Å². The van der Waals surface area contributed by atoms with Gasteiger partial charge in [-0.15, -0.1) is 0 Å². The fourth-order valence-corrected chi connectivity index (χ4v) is 2.10. The molecule has 9 heteroatoms. The Kier molecular flexibility index (Phi) is 10.2. The molecule has 1 aromatic carbocycles. The summed E-state index contributed by atoms with van der Waals surface area (Å²) in [5, 5.41) is 6.96. The normalized spacial score (nSPS) is 11.3. The third-order valence-corrected chi connectivity index (χ3v) is 3.61. The first kappa shape index (κ1) is 23.9. The maximum atomic E-state index is 12.1. The second kappa shape index (κ2) is 12.4. The van der Waals surface area contributed by atoms with E-state index < -0.39 is 36.5 Å². The van der Waals surface area contributed by atoms with Crippen molar-refractivity contribution in [1.82, 2.24) is 16.0 Å². The van der Waals surface area contributed by atoms with E-state index in [2.05, 4.69) is 22.9 Å². The minimum Gasteiger partial charge on any atom is -0.494 e. The Balaban J connectivity index is 2.40. The van der Waals surface area contributed by atoms with Crippen LogP contribution in [0, 0.1) is 0 Å². The summed E-state index contributed by atoms with van der Waals surface area (Å²) in [7, 11) is 0. The van der Waals surface area contributed by atoms with Gasteiger partial charge in [0.25, 0.3) is 11.8 Å². The van der Waals surface area contributed by atoms with Gasteiger partial charge in [0.2, 0.25) is 0 Å². The monoisotopic (exact) mass is 407 g/mol. The highest BCUT2D eigenvalue weighted by Gasteiger charge is 2.20. The number of carbonyl (C=O) groups excluding carboxylic acids is 4. The highest BCUT2D eigenvalue weighted by atomic mass is 16.5. The Bertz CT molecular complexity index is 703. The van der Waals surface area contributed by atoms with E-state index in [1.807, 2.05) is 0 Å². The van der Waals surface area contributed by atoms with Gasteiger partial charge in [-0.1, -0.05) is 13.3 Å². The lowest BCUT2D eigenvalue weighted by atomic mass is 10.2. The topological polar surface area (TPSA) is 123 Å². The van der Waals surface area contributed by atoms with Crippen LogP contribution in [0.15, 0.2) is 24.3 Å². The van der Waals surface area contributed by atoms with Crippen LogP contribution in [0.4, 0.5) is 4.79 Å². The van der Waals surface area contributed by atoms with Crippen molar-refractivity contribution in [2.24, 2.45) is 0 Å². The number of ether oxygens (including phenoxy) is 2. The Hall–Kier alpha value is -3.10. The number of urea groups is 1. The first-order valence-corrected chi connectivity index (χ1v) is 9.54. The van der Waals surface area contributed by atoms with Crippen molar-refractivity contribution in [3.63, 3.8) is 0 Å². The molecule has 1 rings (SSSR count). The fourth-order valence-electron chi connectivity index (χ4n) is 2.10. The molecule has 0 heterocycles. The summed E-state index contributed by atoms with van der Waals surface area (Å²) in [6.07, 6.45) is 0.794. The lowest BCUT2D eigenvalue weighted by Gasteiger charge is -2.14. The van der Waals surface area contributed by atoms with E-state index in [4.69, 9.17) is 9.47 Å². The van der Waals surface area contributed by atoms with E-state index in [9.17, 15) is 19.2 Å². The molecule has 4 amide bonds. The summed E-state index contributed by atoms with van der Waals surface area (Å²) in [6.45, 7) is 7.07. The number of hydrogen-bond donors (Lipinski definition) is 3. The summed E-state index contributed by atoms with van der Waals surface area (Å²) in [5.41, 5.74) is 0.358. The van der Waals surface area contributed by atoms with Crippen molar-refractivity contribution < 1.29 is 28.7 Å². The van der Waals surface area contributed by atoms with Gasteiger partial charge in [-0.25, -0.2) is 4.79 Å². The SMILES string of the molecule is CCCCOc1ccc(C(=O)NCC(=O)OC(C)C(=O)NC(=O)NC(C)C)cc1. The summed E-state index contributed by atoms with van der Waals surface area (Å²) < 4.78 is 10.4. The van der Waals surface area contributed by atoms with Crippen LogP contribution >= 0.6 is 0 Å². The second-order valence-corrected chi connectivity index (χ2v) is 6.66. The van der Waals surface area contributed by atoms with Gasteiger partial charge in [0.15, 0.2) is 6.10 Å². The van der Waals surface area contributed by atoms with Gasteiger partial charge in [0, 0.05) is 11.6 Å². The maximum absolute atomic E-state index is 12.1. The minimum absolute atomic E-state index is 0.146. The van der Waals surface area contributed by atoms with Crippen molar-refractivity contribution in [2.45, 2.75) is 52.7 Å². The Morgan fingerprint density at radius 2 is 1.69 bits per heavy atom. The van der Waals surface area contributed by atoms with E-state index in [-0.39, 0.29) is 6.04 Å². The van der Waals surface area contributed by atoms with Gasteiger partial charge in [0.05, 0.1) is 6.61 Å². The van der Waals surface area contributed by atoms with Crippen molar-refractivity contribution in [1.29, 1.82) is 0 Å². The molecule has 0 saturated carbocycles. The molecule has 0 radical (unpaired) electrons. The molecule has 3 N–H and O–H groups in total. The Morgan fingerprint density at radius 1 is 1.03 bits per heavy atom. The first-order chi connectivity index (χ1) is 13.7. The molecular weight excluding hydrogens is 378 g/mol. The van der Waals surface area contributed by atoms with E-state index >= 15 is 0 Å². The lowest BCUT2D eigenvalue weighted by Crippen LogP contribution is -2.47. The molecule has 1 unspecified atom stereocenters. The Labute approximate surface area is 170 Å². The molecule has 0 saturated heterocycles. The van der Waals surface area contributed by atoms with E-state index in [1.54, 1.807) is 38.1 Å². The molecule has 9 nitrogen and oxygen atoms in total. The number of nitrogens with one attached hydrogen (secondary N) is 3. The highest BCUT2D eigenvalue weighted by Crippen LogP contribution is 2.12. The van der Waals surface area contributed by atoms with Crippen LogP contribution < -0.4 is 20.7 Å². The number of imide groups is 1. The van der Waals surface area contributed by atoms with Gasteiger partial charge in [-0.3, -0.25) is 19.7 Å². The van der Waals surface area contributed by atoms with Crippen molar-refractivity contribution in [3.8, 4) is 5.75 Å². The van der Waals surface area contributed by atoms with Crippen molar-refractivity contribution >= 4 is 23.8 Å². The third-order valence-electron chi connectivity index (χ3n) is 3.61. The summed E-state index contributed by atoms with van der Waals surface area (Å²) in [6, 6.07) is 5.71. The van der Waals surface area contributed by atoms with Crippen molar-refractivity contribution in [2.75, 3.05) is 13.2 Å². The predicted octanol–water partition coefficient (Wildman–Crippen LogP) is 1.76. The quantitative estimate of drug-likeness (QED) is 0.401. The molecule has 1 atom stereocenters. The highest BCUT2D eigenvalue weighted by molar-refractivity contribution is 5.98. The van der Waals surface area contributed by atoms with Gasteiger partial charge in [-0.05, 0) is 51.5 Å². The number of amides is 4. The number of benzene rings is 1. The van der Waals surface area contributed by atoms with Gasteiger partial charge in [0.1, 0.15) is 12.3 Å². The molecular formula is C20H29N3O6. The molecule has 29 heavy (non-hydrogen) atoms. The number of esters is 1. The summed E-state index contributed by atoms with van der Waals surface area (Å²) >= 11 is 0. The maximum Gasteiger partial charge on any atom is 0.326 e. The van der Waals surface area contributed by atoms with Crippen LogP contribution in [0.5, 0.6) is 5.75 Å². The van der Waals surface area contributed by atoms with Gasteiger partial charge in [-0.2, -0.15) is 0 Å². The van der Waals surface area contributed by atoms with Crippen LogP contribution in [-0.2, 0) is 14.3 Å². The molecule has 0 aliphatic carbocycles. The van der Waals surface area contributed by atoms with E-state index in [0.29, 0.717) is 17.9 Å². The standard InChI is InChI=1S/C20H29N3O6/c1-5-6-11-28-16-9-7-15(8-10-16)19(26)21-12-17(24)29-14(4)18(25)23-20(27)22-13(2)3/h7-10,13-14H,5-6,11-12H2,1-4H3,(H,21,26)(H2,22,23,25,27). The molecule has 160 valence electrons. The average Bonchev–Trinajstić information content (AvgIpc) is 2.66. The smallest absolute Gasteiger partial charge is 0.326 e. The summed E-state index contributed by atoms with van der Waals surface area (Å²) in [5.74, 6) is -1.36.